The van der Waals surface area contributed by atoms with Gasteiger partial charge in [0.2, 0.25) is 5.91 Å². The second-order valence-electron chi connectivity index (χ2n) is 5.68. The molecule has 2 aliphatic rings. The van der Waals surface area contributed by atoms with Crippen molar-refractivity contribution < 1.29 is 4.79 Å². The largest absolute Gasteiger partial charge is 0.372 e. The van der Waals surface area contributed by atoms with Crippen molar-refractivity contribution in [2.24, 2.45) is 0 Å². The fourth-order valence-corrected chi connectivity index (χ4v) is 3.22. The molecule has 0 spiro atoms. The van der Waals surface area contributed by atoms with Gasteiger partial charge >= 0.3 is 0 Å². The van der Waals surface area contributed by atoms with Crippen molar-refractivity contribution >= 4 is 17.3 Å². The van der Waals surface area contributed by atoms with E-state index in [4.69, 9.17) is 0 Å². The lowest BCUT2D eigenvalue weighted by Gasteiger charge is -2.32. The van der Waals surface area contributed by atoms with Crippen LogP contribution >= 0.6 is 0 Å². The summed E-state index contributed by atoms with van der Waals surface area (Å²) in [5, 5.41) is 3.11. The monoisotopic (exact) mass is 273 g/mol. The summed E-state index contributed by atoms with van der Waals surface area (Å²) in [5.41, 5.74) is 2.30. The molecule has 1 amide bonds. The smallest absolute Gasteiger partial charge is 0.244 e. The van der Waals surface area contributed by atoms with Gasteiger partial charge in [0.05, 0.1) is 6.04 Å². The van der Waals surface area contributed by atoms with Gasteiger partial charge in [-0.2, -0.15) is 0 Å². The fraction of sp³-hybridized carbons (Fsp3) is 0.562. The Morgan fingerprint density at radius 2 is 1.65 bits per heavy atom. The Hall–Kier alpha value is -1.55. The average Bonchev–Trinajstić information content (AvgIpc) is 3.02. The highest BCUT2D eigenvalue weighted by molar-refractivity contribution is 5.98. The minimum Gasteiger partial charge on any atom is -0.372 e. The van der Waals surface area contributed by atoms with E-state index in [0.717, 1.165) is 38.2 Å². The number of likely N-dealkylation sites (N-methyl/N-ethyl adjacent to an activating group) is 1. The first kappa shape index (κ1) is 13.4. The van der Waals surface area contributed by atoms with E-state index in [2.05, 4.69) is 34.5 Å². The zero-order valence-electron chi connectivity index (χ0n) is 12.1. The van der Waals surface area contributed by atoms with E-state index < -0.39 is 0 Å². The summed E-state index contributed by atoms with van der Waals surface area (Å²) >= 11 is 0. The number of nitrogens with one attached hydrogen (secondary N) is 1. The van der Waals surface area contributed by atoms with Crippen LogP contribution in [-0.4, -0.2) is 38.6 Å². The number of carbonyl (C=O) groups excluding carboxylic acids is 1. The van der Waals surface area contributed by atoms with Gasteiger partial charge in [0.1, 0.15) is 0 Å². The van der Waals surface area contributed by atoms with E-state index >= 15 is 0 Å². The molecule has 2 aliphatic heterocycles. The predicted octanol–water partition coefficient (Wildman–Crippen LogP) is 2.00. The van der Waals surface area contributed by atoms with E-state index in [-0.39, 0.29) is 11.9 Å². The third-order valence-electron chi connectivity index (χ3n) is 4.42. The molecule has 108 valence electrons. The minimum absolute atomic E-state index is 0.0259. The summed E-state index contributed by atoms with van der Waals surface area (Å²) in [5.74, 6) is 0.202. The zero-order valence-corrected chi connectivity index (χ0v) is 12.1. The third-order valence-corrected chi connectivity index (χ3v) is 4.42. The van der Waals surface area contributed by atoms with Crippen molar-refractivity contribution in [2.75, 3.05) is 36.5 Å². The molecule has 0 saturated carbocycles. The second-order valence-corrected chi connectivity index (χ2v) is 5.68. The van der Waals surface area contributed by atoms with Crippen molar-refractivity contribution in [1.29, 1.82) is 0 Å². The maximum absolute atomic E-state index is 12.4. The molecule has 4 nitrogen and oxygen atoms in total. The number of carbonyl (C=O) groups is 1. The number of nitrogens with zero attached hydrogens (tertiary/aromatic N) is 2. The van der Waals surface area contributed by atoms with Crippen molar-refractivity contribution in [3.8, 4) is 0 Å². The minimum atomic E-state index is -0.0259. The predicted molar refractivity (Wildman–Crippen MR) is 82.3 cm³/mol. The Morgan fingerprint density at radius 3 is 2.30 bits per heavy atom. The van der Waals surface area contributed by atoms with Crippen molar-refractivity contribution in [2.45, 2.75) is 31.7 Å². The maximum atomic E-state index is 12.4. The Balaban J connectivity index is 1.75. The van der Waals surface area contributed by atoms with Gasteiger partial charge in [-0.1, -0.05) is 0 Å². The molecule has 0 bridgehead atoms. The normalized spacial score (nSPS) is 23.4. The summed E-state index contributed by atoms with van der Waals surface area (Å²) in [7, 11) is 1.86. The summed E-state index contributed by atoms with van der Waals surface area (Å²) in [4.78, 5) is 16.7. The van der Waals surface area contributed by atoms with Crippen LogP contribution in [0.15, 0.2) is 24.3 Å². The van der Waals surface area contributed by atoms with Crippen molar-refractivity contribution in [3.63, 3.8) is 0 Å². The number of anilines is 2. The summed E-state index contributed by atoms with van der Waals surface area (Å²) < 4.78 is 0. The SMILES string of the molecule is CNC1CCCN(c2ccc(N3CCCC3)cc2)C1=O. The van der Waals surface area contributed by atoms with Crippen molar-refractivity contribution in [1.82, 2.24) is 5.32 Å². The number of hydrogen-bond donors (Lipinski definition) is 1. The van der Waals surface area contributed by atoms with E-state index in [9.17, 15) is 4.79 Å². The van der Waals surface area contributed by atoms with Gasteiger partial charge in [0.25, 0.3) is 0 Å². The van der Waals surface area contributed by atoms with Gasteiger partial charge in [-0.25, -0.2) is 0 Å². The Bertz CT molecular complexity index is 465. The molecule has 2 saturated heterocycles. The summed E-state index contributed by atoms with van der Waals surface area (Å²) in [6.07, 6.45) is 4.58. The molecule has 2 heterocycles. The molecule has 1 aromatic rings. The standard InChI is InChI=1S/C16H23N3O/c1-17-15-5-4-12-19(16(15)20)14-8-6-13(7-9-14)18-10-2-3-11-18/h6-9,15,17H,2-5,10-12H2,1H3. The number of amides is 1. The topological polar surface area (TPSA) is 35.6 Å². The van der Waals surface area contributed by atoms with Crippen LogP contribution in [0.4, 0.5) is 11.4 Å². The quantitative estimate of drug-likeness (QED) is 0.915. The van der Waals surface area contributed by atoms with E-state index in [0.29, 0.717) is 0 Å². The van der Waals surface area contributed by atoms with Gasteiger partial charge in [-0.15, -0.1) is 0 Å². The summed E-state index contributed by atoms with van der Waals surface area (Å²) in [6.45, 7) is 3.15. The molecule has 2 fully saturated rings. The molecule has 1 atom stereocenters. The number of rotatable bonds is 3. The van der Waals surface area contributed by atoms with Gasteiger partial charge < -0.3 is 15.1 Å². The molecular weight excluding hydrogens is 250 g/mol. The molecule has 1 N–H and O–H groups in total. The molecule has 1 unspecified atom stereocenters. The molecule has 0 aliphatic carbocycles. The van der Waals surface area contributed by atoms with E-state index in [1.165, 1.54) is 18.5 Å². The summed E-state index contributed by atoms with van der Waals surface area (Å²) in [6, 6.07) is 8.45. The average molecular weight is 273 g/mol. The number of hydrogen-bond acceptors (Lipinski definition) is 3. The first-order valence-electron chi connectivity index (χ1n) is 7.63. The fourth-order valence-electron chi connectivity index (χ4n) is 3.22. The highest BCUT2D eigenvalue weighted by Crippen LogP contribution is 2.26. The van der Waals surface area contributed by atoms with E-state index in [1.807, 2.05) is 11.9 Å². The Kier molecular flexibility index (Phi) is 3.92. The van der Waals surface area contributed by atoms with Crippen LogP contribution < -0.4 is 15.1 Å². The molecule has 4 heteroatoms. The Morgan fingerprint density at radius 1 is 1.00 bits per heavy atom. The first-order valence-corrected chi connectivity index (χ1v) is 7.63. The van der Waals surface area contributed by atoms with Gasteiger partial charge in [-0.05, 0) is 57.0 Å². The van der Waals surface area contributed by atoms with Crippen molar-refractivity contribution in [3.05, 3.63) is 24.3 Å². The van der Waals surface area contributed by atoms with Crippen LogP contribution in [0.25, 0.3) is 0 Å². The van der Waals surface area contributed by atoms with Crippen LogP contribution in [0.1, 0.15) is 25.7 Å². The highest BCUT2D eigenvalue weighted by Gasteiger charge is 2.28. The van der Waals surface area contributed by atoms with E-state index in [1.54, 1.807) is 0 Å². The van der Waals surface area contributed by atoms with Crippen LogP contribution in [0, 0.1) is 0 Å². The first-order chi connectivity index (χ1) is 9.79. The van der Waals surface area contributed by atoms with Crippen LogP contribution in [0.3, 0.4) is 0 Å². The lowest BCUT2D eigenvalue weighted by Crippen LogP contribution is -2.49. The second kappa shape index (κ2) is 5.83. The molecule has 3 rings (SSSR count). The lowest BCUT2D eigenvalue weighted by atomic mass is 10.0. The molecular formula is C16H23N3O. The van der Waals surface area contributed by atoms with Gasteiger partial charge in [0, 0.05) is 31.0 Å². The maximum Gasteiger partial charge on any atom is 0.244 e. The molecule has 20 heavy (non-hydrogen) atoms. The number of piperidine rings is 1. The molecule has 0 radical (unpaired) electrons. The molecule has 1 aromatic carbocycles. The van der Waals surface area contributed by atoms with Crippen LogP contribution in [-0.2, 0) is 4.79 Å². The highest BCUT2D eigenvalue weighted by atomic mass is 16.2. The van der Waals surface area contributed by atoms with Crippen LogP contribution in [0.5, 0.6) is 0 Å². The third kappa shape index (κ3) is 2.52. The van der Waals surface area contributed by atoms with Gasteiger partial charge in [0.15, 0.2) is 0 Å². The number of benzene rings is 1. The lowest BCUT2D eigenvalue weighted by molar-refractivity contribution is -0.121. The van der Waals surface area contributed by atoms with Crippen LogP contribution in [0.2, 0.25) is 0 Å². The zero-order chi connectivity index (χ0) is 13.9. The molecule has 0 aromatic heterocycles. The Labute approximate surface area is 120 Å². The van der Waals surface area contributed by atoms with Gasteiger partial charge in [-0.3, -0.25) is 4.79 Å².